The summed E-state index contributed by atoms with van der Waals surface area (Å²) in [6, 6.07) is -4.03. The molecular weight excluding hydrogens is 410 g/mol. The van der Waals surface area contributed by atoms with E-state index in [1.807, 2.05) is 0 Å². The molecule has 14 heteroatoms. The lowest BCUT2D eigenvalue weighted by atomic mass is 10.1. The highest BCUT2D eigenvalue weighted by molar-refractivity contribution is 7.98. The van der Waals surface area contributed by atoms with Gasteiger partial charge in [0.15, 0.2) is 0 Å². The molecule has 0 radical (unpaired) electrons. The first kappa shape index (κ1) is 26.1. The molecule has 0 aromatic carbocycles. The summed E-state index contributed by atoms with van der Waals surface area (Å²) < 4.78 is 0. The first-order valence-corrected chi connectivity index (χ1v) is 9.72. The van der Waals surface area contributed by atoms with Gasteiger partial charge in [-0.1, -0.05) is 0 Å². The summed E-state index contributed by atoms with van der Waals surface area (Å²) in [7, 11) is 0. The molecule has 3 unspecified atom stereocenters. The molecule has 0 aliphatic rings. The number of rotatable bonds is 14. The zero-order valence-corrected chi connectivity index (χ0v) is 16.5. The fraction of sp³-hybridized carbons (Fsp3) is 0.600. The number of nitrogens with two attached hydrogens (primary N) is 2. The number of hydrogen-bond acceptors (Lipinski definition) is 8. The van der Waals surface area contributed by atoms with Crippen molar-refractivity contribution in [1.29, 1.82) is 0 Å². The van der Waals surface area contributed by atoms with Gasteiger partial charge in [-0.25, -0.2) is 4.79 Å². The summed E-state index contributed by atoms with van der Waals surface area (Å²) in [5.74, 6) is -5.70. The minimum atomic E-state index is -1.55. The quantitative estimate of drug-likeness (QED) is 0.143. The van der Waals surface area contributed by atoms with Gasteiger partial charge in [0.25, 0.3) is 0 Å². The molecule has 9 N–H and O–H groups in total. The average Bonchev–Trinajstić information content (AvgIpc) is 2.61. The highest BCUT2D eigenvalue weighted by Crippen LogP contribution is 2.03. The number of hydrogen-bond donors (Lipinski definition) is 7. The summed E-state index contributed by atoms with van der Waals surface area (Å²) in [5, 5.41) is 24.2. The lowest BCUT2D eigenvalue weighted by Gasteiger charge is -2.21. The van der Waals surface area contributed by atoms with E-state index in [0.29, 0.717) is 5.75 Å². The zero-order valence-electron chi connectivity index (χ0n) is 15.7. The maximum absolute atomic E-state index is 12.3. The van der Waals surface area contributed by atoms with Gasteiger partial charge < -0.3 is 37.6 Å². The van der Waals surface area contributed by atoms with Crippen LogP contribution in [0.2, 0.25) is 0 Å². The Balaban J connectivity index is 4.87. The van der Waals surface area contributed by atoms with Crippen molar-refractivity contribution in [3.63, 3.8) is 0 Å². The standard InChI is InChI=1S/C15H25N5O8S/c1-29-3-2-8(14(26)20-9(15(27)28)5-10(17)21)19-11(22)6-18-13(25)7(16)4-12(23)24/h7-9H,2-6,16H2,1H3,(H2,17,21)(H,18,25)(H,19,22)(H,20,26)(H,23,24)(H,27,28). The van der Waals surface area contributed by atoms with Gasteiger partial charge >= 0.3 is 11.9 Å². The van der Waals surface area contributed by atoms with E-state index in [-0.39, 0.29) is 6.42 Å². The molecule has 0 aromatic heterocycles. The summed E-state index contributed by atoms with van der Waals surface area (Å²) in [5.41, 5.74) is 10.3. The van der Waals surface area contributed by atoms with E-state index in [9.17, 15) is 28.8 Å². The number of nitrogens with one attached hydrogen (secondary N) is 3. The highest BCUT2D eigenvalue weighted by atomic mass is 32.2. The van der Waals surface area contributed by atoms with Gasteiger partial charge in [-0.2, -0.15) is 11.8 Å². The molecule has 0 rings (SSSR count). The minimum Gasteiger partial charge on any atom is -0.481 e. The van der Waals surface area contributed by atoms with E-state index in [1.165, 1.54) is 11.8 Å². The molecule has 164 valence electrons. The third kappa shape index (κ3) is 11.5. The highest BCUT2D eigenvalue weighted by Gasteiger charge is 2.27. The van der Waals surface area contributed by atoms with Gasteiger partial charge in [-0.3, -0.25) is 24.0 Å². The number of primary amides is 1. The van der Waals surface area contributed by atoms with Crippen LogP contribution in [0.5, 0.6) is 0 Å². The number of amides is 4. The second-order valence-corrected chi connectivity index (χ2v) is 6.88. The van der Waals surface area contributed by atoms with E-state index < -0.39 is 73.1 Å². The molecule has 0 aliphatic carbocycles. The van der Waals surface area contributed by atoms with Crippen molar-refractivity contribution < 1.29 is 39.0 Å². The Morgan fingerprint density at radius 1 is 0.966 bits per heavy atom. The maximum Gasteiger partial charge on any atom is 0.326 e. The fourth-order valence-corrected chi connectivity index (χ4v) is 2.47. The van der Waals surface area contributed by atoms with Crippen molar-refractivity contribution >= 4 is 47.3 Å². The number of aliphatic carboxylic acids is 2. The van der Waals surface area contributed by atoms with E-state index in [1.54, 1.807) is 6.26 Å². The third-order valence-corrected chi connectivity index (χ3v) is 4.08. The van der Waals surface area contributed by atoms with Gasteiger partial charge in [0.1, 0.15) is 12.1 Å². The van der Waals surface area contributed by atoms with Crippen LogP contribution < -0.4 is 27.4 Å². The van der Waals surface area contributed by atoms with Crippen LogP contribution in [-0.2, 0) is 28.8 Å². The first-order valence-electron chi connectivity index (χ1n) is 8.32. The molecule has 0 bridgehead atoms. The number of carboxylic acid groups (broad SMARTS) is 2. The summed E-state index contributed by atoms with van der Waals surface area (Å²) in [6.45, 7) is -0.571. The Labute approximate surface area is 170 Å². The van der Waals surface area contributed by atoms with Crippen molar-refractivity contribution in [3.05, 3.63) is 0 Å². The van der Waals surface area contributed by atoms with E-state index >= 15 is 0 Å². The Bertz CT molecular complexity index is 644. The van der Waals surface area contributed by atoms with Crippen LogP contribution >= 0.6 is 11.8 Å². The normalized spacial score (nSPS) is 13.4. The largest absolute Gasteiger partial charge is 0.481 e. The molecule has 0 saturated heterocycles. The van der Waals surface area contributed by atoms with Crippen LogP contribution in [0.15, 0.2) is 0 Å². The van der Waals surface area contributed by atoms with Gasteiger partial charge in [0.2, 0.25) is 23.6 Å². The smallest absolute Gasteiger partial charge is 0.326 e. The van der Waals surface area contributed by atoms with Gasteiger partial charge in [0.05, 0.1) is 25.4 Å². The Morgan fingerprint density at radius 3 is 2.07 bits per heavy atom. The summed E-state index contributed by atoms with van der Waals surface area (Å²) in [4.78, 5) is 68.5. The molecule has 0 aliphatic heterocycles. The van der Waals surface area contributed by atoms with Gasteiger partial charge in [0, 0.05) is 0 Å². The zero-order chi connectivity index (χ0) is 22.6. The molecule has 29 heavy (non-hydrogen) atoms. The van der Waals surface area contributed by atoms with E-state index in [2.05, 4.69) is 16.0 Å². The predicted octanol–water partition coefficient (Wildman–Crippen LogP) is -3.41. The number of carbonyl (C=O) groups excluding carboxylic acids is 4. The molecule has 4 amide bonds. The lowest BCUT2D eigenvalue weighted by molar-refractivity contribution is -0.143. The Kier molecular flexibility index (Phi) is 12.0. The maximum atomic E-state index is 12.3. The van der Waals surface area contributed by atoms with Gasteiger partial charge in [-0.05, 0) is 18.4 Å². The van der Waals surface area contributed by atoms with E-state index in [0.717, 1.165) is 0 Å². The molecule has 0 fully saturated rings. The van der Waals surface area contributed by atoms with Crippen LogP contribution in [0, 0.1) is 0 Å². The second kappa shape index (κ2) is 13.3. The van der Waals surface area contributed by atoms with E-state index in [4.69, 9.17) is 21.7 Å². The van der Waals surface area contributed by atoms with Crippen LogP contribution in [0.4, 0.5) is 0 Å². The molecule has 0 aromatic rings. The molecule has 0 spiro atoms. The van der Waals surface area contributed by atoms with Crippen molar-refractivity contribution in [1.82, 2.24) is 16.0 Å². The molecule has 3 atom stereocenters. The predicted molar refractivity (Wildman–Crippen MR) is 102 cm³/mol. The number of thioether (sulfide) groups is 1. The number of carbonyl (C=O) groups is 6. The van der Waals surface area contributed by atoms with Crippen LogP contribution in [0.3, 0.4) is 0 Å². The van der Waals surface area contributed by atoms with Crippen LogP contribution in [0.1, 0.15) is 19.3 Å². The molecular formula is C15H25N5O8S. The first-order chi connectivity index (χ1) is 13.5. The summed E-state index contributed by atoms with van der Waals surface area (Å²) >= 11 is 1.37. The average molecular weight is 435 g/mol. The minimum absolute atomic E-state index is 0.147. The Hall–Kier alpha value is -2.87. The Morgan fingerprint density at radius 2 is 1.59 bits per heavy atom. The number of carboxylic acids is 2. The molecule has 0 saturated carbocycles. The van der Waals surface area contributed by atoms with Crippen LogP contribution in [-0.4, -0.2) is 82.5 Å². The summed E-state index contributed by atoms with van der Waals surface area (Å²) in [6.07, 6.45) is 0.659. The molecule has 0 heterocycles. The third-order valence-electron chi connectivity index (χ3n) is 3.44. The topological polar surface area (TPSA) is 231 Å². The van der Waals surface area contributed by atoms with Crippen molar-refractivity contribution in [3.8, 4) is 0 Å². The molecule has 13 nitrogen and oxygen atoms in total. The lowest BCUT2D eigenvalue weighted by Crippen LogP contribution is -2.54. The fourth-order valence-electron chi connectivity index (χ4n) is 2.00. The van der Waals surface area contributed by atoms with Crippen LogP contribution in [0.25, 0.3) is 0 Å². The second-order valence-electron chi connectivity index (χ2n) is 5.89. The van der Waals surface area contributed by atoms with Crippen molar-refractivity contribution in [2.24, 2.45) is 11.5 Å². The monoisotopic (exact) mass is 435 g/mol. The van der Waals surface area contributed by atoms with Crippen molar-refractivity contribution in [2.45, 2.75) is 37.4 Å². The van der Waals surface area contributed by atoms with Gasteiger partial charge in [-0.15, -0.1) is 0 Å². The van der Waals surface area contributed by atoms with Crippen molar-refractivity contribution in [2.75, 3.05) is 18.6 Å². The SMILES string of the molecule is CSCCC(NC(=O)CNC(=O)C(N)CC(=O)O)C(=O)NC(CC(N)=O)C(=O)O.